The van der Waals surface area contributed by atoms with Gasteiger partial charge in [-0.3, -0.25) is 15.3 Å². The highest BCUT2D eigenvalue weighted by atomic mass is 16.2. The number of piperidine rings is 1. The molecule has 31 heavy (non-hydrogen) atoms. The molecule has 0 aromatic carbocycles. The van der Waals surface area contributed by atoms with Gasteiger partial charge in [0.1, 0.15) is 5.82 Å². The number of fused-ring (bicyclic) bond motifs is 1. The molecule has 2 fully saturated rings. The zero-order valence-electron chi connectivity index (χ0n) is 18.1. The number of hydrogen-bond donors (Lipinski definition) is 3. The van der Waals surface area contributed by atoms with Gasteiger partial charge in [-0.1, -0.05) is 12.8 Å². The summed E-state index contributed by atoms with van der Waals surface area (Å²) in [6.45, 7) is 5.12. The number of carbonyl (C=O) groups is 1. The second kappa shape index (κ2) is 8.42. The minimum absolute atomic E-state index is 0.113. The highest BCUT2D eigenvalue weighted by Crippen LogP contribution is 2.29. The van der Waals surface area contributed by atoms with Gasteiger partial charge in [0.15, 0.2) is 0 Å². The van der Waals surface area contributed by atoms with Gasteiger partial charge in [0, 0.05) is 36.5 Å². The molecule has 2 amide bonds. The molecule has 1 atom stereocenters. The van der Waals surface area contributed by atoms with E-state index in [-0.39, 0.29) is 17.5 Å². The van der Waals surface area contributed by atoms with E-state index >= 15 is 0 Å². The van der Waals surface area contributed by atoms with Crippen molar-refractivity contribution in [2.45, 2.75) is 62.9 Å². The zero-order chi connectivity index (χ0) is 21.3. The fraction of sp³-hybridized carbons (Fsp3) is 0.565. The van der Waals surface area contributed by atoms with E-state index in [4.69, 9.17) is 0 Å². The van der Waals surface area contributed by atoms with Gasteiger partial charge in [0.05, 0.1) is 11.0 Å². The first-order valence-corrected chi connectivity index (χ1v) is 11.5. The predicted octanol–water partition coefficient (Wildman–Crippen LogP) is 3.22. The third-order valence-electron chi connectivity index (χ3n) is 6.86. The van der Waals surface area contributed by atoms with Crippen molar-refractivity contribution >= 4 is 29.1 Å². The van der Waals surface area contributed by atoms with Crippen molar-refractivity contribution in [2.24, 2.45) is 5.10 Å². The molecule has 1 saturated heterocycles. The number of urea groups is 1. The number of nitrogens with zero attached hydrogens (tertiary/aromatic N) is 4. The van der Waals surface area contributed by atoms with Crippen molar-refractivity contribution in [3.8, 4) is 0 Å². The molecular formula is C23H31N7O. The Morgan fingerprint density at radius 3 is 2.81 bits per heavy atom. The Labute approximate surface area is 182 Å². The summed E-state index contributed by atoms with van der Waals surface area (Å²) in [6.07, 6.45) is 10.6. The number of hydrazone groups is 1. The van der Waals surface area contributed by atoms with Crippen LogP contribution < -0.4 is 16.0 Å². The third-order valence-corrected chi connectivity index (χ3v) is 6.86. The molecule has 8 heteroatoms. The molecule has 164 valence electrons. The summed E-state index contributed by atoms with van der Waals surface area (Å²) in [7, 11) is 0. The number of hydrogen-bond acceptors (Lipinski definition) is 6. The maximum atomic E-state index is 12.5. The molecule has 1 saturated carbocycles. The lowest BCUT2D eigenvalue weighted by Gasteiger charge is -2.30. The van der Waals surface area contributed by atoms with Crippen LogP contribution in [0.1, 0.15) is 56.9 Å². The van der Waals surface area contributed by atoms with E-state index in [2.05, 4.69) is 49.0 Å². The Hall–Kier alpha value is -2.74. The van der Waals surface area contributed by atoms with Crippen LogP contribution in [0.5, 0.6) is 0 Å². The van der Waals surface area contributed by atoms with Crippen molar-refractivity contribution in [3.63, 3.8) is 0 Å². The van der Waals surface area contributed by atoms with Crippen molar-refractivity contribution in [1.29, 1.82) is 0 Å². The maximum Gasteiger partial charge on any atom is 0.320 e. The van der Waals surface area contributed by atoms with Gasteiger partial charge in [-0.2, -0.15) is 5.10 Å². The molecule has 2 aromatic rings. The standard InChI is InChI=1S/C23H31N7O/c1-23(8-2-3-9-23)29-22(31)28-21-5-4-19-20(27-21)12-16(13-25-19)17-14-26-30(15-17)18-6-10-24-11-7-18/h4-5,12-14,17-18,24H,2-3,6-11,15H2,1H3,(H2,27,28,29,31). The lowest BCUT2D eigenvalue weighted by molar-refractivity contribution is 0.181. The van der Waals surface area contributed by atoms with Crippen molar-refractivity contribution in [1.82, 2.24) is 25.6 Å². The Bertz CT molecular complexity index is 979. The van der Waals surface area contributed by atoms with Crippen molar-refractivity contribution in [2.75, 3.05) is 25.0 Å². The predicted molar refractivity (Wildman–Crippen MR) is 122 cm³/mol. The molecule has 3 N–H and O–H groups in total. The van der Waals surface area contributed by atoms with E-state index in [1.165, 1.54) is 12.8 Å². The first-order chi connectivity index (χ1) is 15.1. The van der Waals surface area contributed by atoms with Crippen LogP contribution >= 0.6 is 0 Å². The Kier molecular flexibility index (Phi) is 5.48. The summed E-state index contributed by atoms with van der Waals surface area (Å²) in [5, 5.41) is 16.3. The largest absolute Gasteiger partial charge is 0.333 e. The summed E-state index contributed by atoms with van der Waals surface area (Å²) in [5.41, 5.74) is 2.61. The molecule has 2 aliphatic heterocycles. The quantitative estimate of drug-likeness (QED) is 0.705. The SMILES string of the molecule is CC1(NC(=O)Nc2ccc3ncc(C4C=NN(C5CCNCC5)C4)cc3n2)CCCC1. The van der Waals surface area contributed by atoms with Crippen LogP contribution in [0.15, 0.2) is 29.5 Å². The van der Waals surface area contributed by atoms with E-state index in [1.54, 1.807) is 6.07 Å². The van der Waals surface area contributed by atoms with E-state index in [1.807, 2.05) is 18.5 Å². The average molecular weight is 422 g/mol. The number of rotatable bonds is 4. The molecule has 0 radical (unpaired) electrons. The smallest absolute Gasteiger partial charge is 0.320 e. The molecule has 1 unspecified atom stereocenters. The highest BCUT2D eigenvalue weighted by Gasteiger charge is 2.30. The second-order valence-corrected chi connectivity index (χ2v) is 9.32. The number of amides is 2. The lowest BCUT2D eigenvalue weighted by atomic mass is 10.0. The maximum absolute atomic E-state index is 12.5. The van der Waals surface area contributed by atoms with Gasteiger partial charge >= 0.3 is 6.03 Å². The minimum Gasteiger partial charge on any atom is -0.333 e. The summed E-state index contributed by atoms with van der Waals surface area (Å²) >= 11 is 0. The molecule has 0 bridgehead atoms. The number of anilines is 1. The highest BCUT2D eigenvalue weighted by molar-refractivity contribution is 5.90. The molecule has 3 aliphatic rings. The van der Waals surface area contributed by atoms with Gasteiger partial charge < -0.3 is 10.6 Å². The van der Waals surface area contributed by atoms with Crippen molar-refractivity contribution in [3.05, 3.63) is 30.0 Å². The molecule has 8 nitrogen and oxygen atoms in total. The topological polar surface area (TPSA) is 94.5 Å². The first-order valence-electron chi connectivity index (χ1n) is 11.5. The zero-order valence-corrected chi connectivity index (χ0v) is 18.1. The normalized spacial score (nSPS) is 23.4. The third kappa shape index (κ3) is 4.49. The molecule has 2 aromatic heterocycles. The van der Waals surface area contributed by atoms with Crippen LogP contribution in [0.3, 0.4) is 0 Å². The summed E-state index contributed by atoms with van der Waals surface area (Å²) in [6, 6.07) is 6.11. The van der Waals surface area contributed by atoms with Gasteiger partial charge in [-0.05, 0) is 69.5 Å². The van der Waals surface area contributed by atoms with E-state index in [9.17, 15) is 4.79 Å². The van der Waals surface area contributed by atoms with Crippen LogP contribution in [0.2, 0.25) is 0 Å². The van der Waals surface area contributed by atoms with Crippen molar-refractivity contribution < 1.29 is 4.79 Å². The monoisotopic (exact) mass is 421 g/mol. The first kappa shape index (κ1) is 20.2. The van der Waals surface area contributed by atoms with Gasteiger partial charge in [-0.25, -0.2) is 9.78 Å². The number of aromatic nitrogens is 2. The van der Waals surface area contributed by atoms with Crippen LogP contribution in [-0.4, -0.2) is 58.4 Å². The average Bonchev–Trinajstić information content (AvgIpc) is 3.43. The van der Waals surface area contributed by atoms with E-state index in [0.29, 0.717) is 11.9 Å². The summed E-state index contributed by atoms with van der Waals surface area (Å²) in [4.78, 5) is 21.7. The van der Waals surface area contributed by atoms with Crippen LogP contribution in [0.4, 0.5) is 10.6 Å². The van der Waals surface area contributed by atoms with Gasteiger partial charge in [-0.15, -0.1) is 0 Å². The Morgan fingerprint density at radius 1 is 1.19 bits per heavy atom. The molecule has 0 spiro atoms. The fourth-order valence-electron chi connectivity index (χ4n) is 5.00. The van der Waals surface area contributed by atoms with E-state index in [0.717, 1.165) is 61.9 Å². The minimum atomic E-state index is -0.194. The van der Waals surface area contributed by atoms with E-state index < -0.39 is 0 Å². The number of nitrogens with one attached hydrogen (secondary N) is 3. The molecule has 5 rings (SSSR count). The molecule has 1 aliphatic carbocycles. The summed E-state index contributed by atoms with van der Waals surface area (Å²) in [5.74, 6) is 0.762. The fourth-order valence-corrected chi connectivity index (χ4v) is 5.00. The van der Waals surface area contributed by atoms with Gasteiger partial charge in [0.25, 0.3) is 0 Å². The van der Waals surface area contributed by atoms with Crippen LogP contribution in [-0.2, 0) is 0 Å². The van der Waals surface area contributed by atoms with Crippen LogP contribution in [0, 0.1) is 0 Å². The second-order valence-electron chi connectivity index (χ2n) is 9.32. The number of carbonyl (C=O) groups excluding carboxylic acids is 1. The lowest BCUT2D eigenvalue weighted by Crippen LogP contribution is -2.45. The Balaban J connectivity index is 1.27. The Morgan fingerprint density at radius 2 is 2.00 bits per heavy atom. The number of pyridine rings is 2. The molecular weight excluding hydrogens is 390 g/mol. The summed E-state index contributed by atoms with van der Waals surface area (Å²) < 4.78 is 0. The van der Waals surface area contributed by atoms with Crippen LogP contribution in [0.25, 0.3) is 11.0 Å². The van der Waals surface area contributed by atoms with Gasteiger partial charge in [0.2, 0.25) is 0 Å². The molecule has 4 heterocycles.